The van der Waals surface area contributed by atoms with Gasteiger partial charge in [-0.2, -0.15) is 0 Å². The second-order valence-corrected chi connectivity index (χ2v) is 5.40. The molecule has 2 rings (SSSR count). The second-order valence-electron chi connectivity index (χ2n) is 5.40. The molecule has 0 radical (unpaired) electrons. The third-order valence-electron chi connectivity index (χ3n) is 3.62. The molecule has 0 aliphatic heterocycles. The molecule has 0 saturated heterocycles. The molecule has 0 aliphatic carbocycles. The van der Waals surface area contributed by atoms with Crippen molar-refractivity contribution in [2.24, 2.45) is 0 Å². The highest BCUT2D eigenvalue weighted by Gasteiger charge is 2.13. The van der Waals surface area contributed by atoms with Crippen LogP contribution in [0.1, 0.15) is 42.6 Å². The van der Waals surface area contributed by atoms with Gasteiger partial charge in [-0.15, -0.1) is 0 Å². The molecule has 0 aromatic heterocycles. The first-order chi connectivity index (χ1) is 9.86. The van der Waals surface area contributed by atoms with Crippen molar-refractivity contribution in [3.63, 3.8) is 0 Å². The number of hydrogen-bond donors (Lipinski definition) is 3. The lowest BCUT2D eigenvalue weighted by atomic mass is 10.0. The predicted molar refractivity (Wildman–Crippen MR) is 80.9 cm³/mol. The minimum absolute atomic E-state index is 0.0210. The fourth-order valence-electron chi connectivity index (χ4n) is 2.31. The Labute approximate surface area is 124 Å². The van der Waals surface area contributed by atoms with Gasteiger partial charge in [0.2, 0.25) is 0 Å². The van der Waals surface area contributed by atoms with E-state index in [2.05, 4.69) is 5.32 Å². The number of benzene rings is 2. The van der Waals surface area contributed by atoms with Crippen molar-refractivity contribution in [2.45, 2.75) is 32.9 Å². The third-order valence-corrected chi connectivity index (χ3v) is 3.62. The van der Waals surface area contributed by atoms with Crippen LogP contribution in [0.2, 0.25) is 0 Å². The van der Waals surface area contributed by atoms with Gasteiger partial charge in [0.05, 0.1) is 0 Å². The summed E-state index contributed by atoms with van der Waals surface area (Å²) in [7, 11) is 0. The van der Waals surface area contributed by atoms with Gasteiger partial charge in [0.15, 0.2) is 0 Å². The summed E-state index contributed by atoms with van der Waals surface area (Å²) in [5.41, 5.74) is 2.25. The fourth-order valence-corrected chi connectivity index (χ4v) is 2.31. The van der Waals surface area contributed by atoms with Crippen molar-refractivity contribution in [1.82, 2.24) is 5.32 Å². The van der Waals surface area contributed by atoms with Crippen molar-refractivity contribution in [3.05, 3.63) is 58.9 Å². The minimum atomic E-state index is -0.219. The zero-order chi connectivity index (χ0) is 15.6. The molecule has 0 heterocycles. The normalized spacial score (nSPS) is 13.9. The predicted octanol–water partition coefficient (Wildman–Crippen LogP) is 3.96. The van der Waals surface area contributed by atoms with Gasteiger partial charge in [-0.3, -0.25) is 0 Å². The maximum Gasteiger partial charge on any atom is 0.126 e. The van der Waals surface area contributed by atoms with Crippen LogP contribution in [0.25, 0.3) is 0 Å². The van der Waals surface area contributed by atoms with Gasteiger partial charge in [0.25, 0.3) is 0 Å². The van der Waals surface area contributed by atoms with Gasteiger partial charge in [0, 0.05) is 18.2 Å². The van der Waals surface area contributed by atoms with Crippen molar-refractivity contribution in [3.8, 4) is 11.5 Å². The molecule has 2 aromatic rings. The van der Waals surface area contributed by atoms with Crippen LogP contribution in [0.5, 0.6) is 11.5 Å². The van der Waals surface area contributed by atoms with E-state index in [1.54, 1.807) is 25.1 Å². The van der Waals surface area contributed by atoms with E-state index in [1.807, 2.05) is 19.9 Å². The van der Waals surface area contributed by atoms with Crippen molar-refractivity contribution < 1.29 is 14.6 Å². The Hall–Kier alpha value is -2.07. The van der Waals surface area contributed by atoms with E-state index in [-0.39, 0.29) is 29.4 Å². The summed E-state index contributed by atoms with van der Waals surface area (Å²) in [5, 5.41) is 22.4. The van der Waals surface area contributed by atoms with Crippen LogP contribution in [-0.2, 0) is 0 Å². The Kier molecular flexibility index (Phi) is 4.48. The number of phenolic OH excluding ortho intramolecular Hbond substituents is 2. The standard InChI is InChI=1S/C17H20FNO2/c1-10-4-5-13(8-17(10)18)11(2)19-12(3)14-6-15(20)9-16(21)7-14/h4-9,11-12,19-21H,1-3H3. The van der Waals surface area contributed by atoms with E-state index in [0.717, 1.165) is 11.1 Å². The van der Waals surface area contributed by atoms with Gasteiger partial charge >= 0.3 is 0 Å². The Balaban J connectivity index is 2.14. The number of aromatic hydroxyl groups is 2. The summed E-state index contributed by atoms with van der Waals surface area (Å²) in [6, 6.07) is 9.51. The molecular formula is C17H20FNO2. The van der Waals surface area contributed by atoms with E-state index in [9.17, 15) is 14.6 Å². The number of nitrogens with one attached hydrogen (secondary N) is 1. The van der Waals surface area contributed by atoms with Gasteiger partial charge in [0.1, 0.15) is 17.3 Å². The highest BCUT2D eigenvalue weighted by molar-refractivity contribution is 5.38. The average molecular weight is 289 g/mol. The van der Waals surface area contributed by atoms with Crippen molar-refractivity contribution >= 4 is 0 Å². The van der Waals surface area contributed by atoms with Gasteiger partial charge < -0.3 is 15.5 Å². The van der Waals surface area contributed by atoms with Gasteiger partial charge in [-0.05, 0) is 55.7 Å². The largest absolute Gasteiger partial charge is 0.508 e. The third kappa shape index (κ3) is 3.73. The highest BCUT2D eigenvalue weighted by Crippen LogP contribution is 2.27. The maximum absolute atomic E-state index is 13.6. The van der Waals surface area contributed by atoms with Crippen LogP contribution in [0.4, 0.5) is 4.39 Å². The molecule has 3 N–H and O–H groups in total. The molecule has 2 atom stereocenters. The summed E-state index contributed by atoms with van der Waals surface area (Å²) < 4.78 is 13.6. The first-order valence-electron chi connectivity index (χ1n) is 6.92. The molecule has 0 saturated carbocycles. The molecule has 2 unspecified atom stereocenters. The number of rotatable bonds is 4. The Bertz CT molecular complexity index is 622. The summed E-state index contributed by atoms with van der Waals surface area (Å²) in [6.45, 7) is 5.61. The zero-order valence-corrected chi connectivity index (χ0v) is 12.4. The smallest absolute Gasteiger partial charge is 0.126 e. The van der Waals surface area contributed by atoms with Gasteiger partial charge in [-0.1, -0.05) is 12.1 Å². The molecule has 0 amide bonds. The van der Waals surface area contributed by atoms with Crippen LogP contribution >= 0.6 is 0 Å². The number of hydrogen-bond acceptors (Lipinski definition) is 3. The molecule has 0 aliphatic rings. The molecule has 21 heavy (non-hydrogen) atoms. The highest BCUT2D eigenvalue weighted by atomic mass is 19.1. The van der Waals surface area contributed by atoms with Crippen LogP contribution in [0.15, 0.2) is 36.4 Å². The van der Waals surface area contributed by atoms with Crippen LogP contribution < -0.4 is 5.32 Å². The number of aryl methyl sites for hydroxylation is 1. The summed E-state index contributed by atoms with van der Waals surface area (Å²) >= 11 is 0. The van der Waals surface area contributed by atoms with E-state index >= 15 is 0 Å². The molecule has 2 aromatic carbocycles. The topological polar surface area (TPSA) is 52.5 Å². The quantitative estimate of drug-likeness (QED) is 0.798. The Morgan fingerprint density at radius 3 is 2.05 bits per heavy atom. The zero-order valence-electron chi connectivity index (χ0n) is 12.4. The first kappa shape index (κ1) is 15.3. The van der Waals surface area contributed by atoms with Crippen LogP contribution in [0, 0.1) is 12.7 Å². The Morgan fingerprint density at radius 1 is 0.905 bits per heavy atom. The van der Waals surface area contributed by atoms with Crippen molar-refractivity contribution in [2.75, 3.05) is 0 Å². The van der Waals surface area contributed by atoms with E-state index in [1.165, 1.54) is 12.1 Å². The lowest BCUT2D eigenvalue weighted by Gasteiger charge is -2.21. The summed E-state index contributed by atoms with van der Waals surface area (Å²) in [5.74, 6) is -0.177. The SMILES string of the molecule is Cc1ccc(C(C)NC(C)c2cc(O)cc(O)c2)cc1F. The Morgan fingerprint density at radius 2 is 1.48 bits per heavy atom. The van der Waals surface area contributed by atoms with Crippen molar-refractivity contribution in [1.29, 1.82) is 0 Å². The molecule has 4 heteroatoms. The number of phenols is 2. The fraction of sp³-hybridized carbons (Fsp3) is 0.294. The van der Waals surface area contributed by atoms with E-state index < -0.39 is 0 Å². The molecule has 0 spiro atoms. The molecular weight excluding hydrogens is 269 g/mol. The van der Waals surface area contributed by atoms with E-state index in [0.29, 0.717) is 5.56 Å². The molecule has 0 fully saturated rings. The maximum atomic E-state index is 13.6. The van der Waals surface area contributed by atoms with Gasteiger partial charge in [-0.25, -0.2) is 4.39 Å². The lowest BCUT2D eigenvalue weighted by Crippen LogP contribution is -2.22. The first-order valence-corrected chi connectivity index (χ1v) is 6.92. The summed E-state index contributed by atoms with van der Waals surface area (Å²) in [4.78, 5) is 0. The lowest BCUT2D eigenvalue weighted by molar-refractivity contribution is 0.442. The molecule has 112 valence electrons. The van der Waals surface area contributed by atoms with Crippen LogP contribution in [-0.4, -0.2) is 10.2 Å². The average Bonchev–Trinajstić information content (AvgIpc) is 2.40. The minimum Gasteiger partial charge on any atom is -0.508 e. The monoisotopic (exact) mass is 289 g/mol. The number of halogens is 1. The molecule has 0 bridgehead atoms. The summed E-state index contributed by atoms with van der Waals surface area (Å²) in [6.07, 6.45) is 0. The van der Waals surface area contributed by atoms with E-state index in [4.69, 9.17) is 0 Å². The second kappa shape index (κ2) is 6.14. The van der Waals surface area contributed by atoms with Crippen LogP contribution in [0.3, 0.4) is 0 Å². The molecule has 3 nitrogen and oxygen atoms in total.